The van der Waals surface area contributed by atoms with Gasteiger partial charge in [0.15, 0.2) is 0 Å². The van der Waals surface area contributed by atoms with Crippen LogP contribution in [0.4, 0.5) is 5.69 Å². The van der Waals surface area contributed by atoms with E-state index in [0.717, 1.165) is 6.26 Å². The Labute approximate surface area is 116 Å². The van der Waals surface area contributed by atoms with Crippen LogP contribution < -0.4 is 0 Å². The van der Waals surface area contributed by atoms with Crippen LogP contribution in [0.2, 0.25) is 5.15 Å². The minimum absolute atomic E-state index is 0.0105. The van der Waals surface area contributed by atoms with Gasteiger partial charge in [0.2, 0.25) is 5.15 Å². The van der Waals surface area contributed by atoms with Crippen molar-refractivity contribution >= 4 is 27.1 Å². The predicted octanol–water partition coefficient (Wildman–Crippen LogP) is 1.69. The summed E-state index contributed by atoms with van der Waals surface area (Å²) in [6, 6.07) is 0. The molecule has 0 aliphatic heterocycles. The molecule has 1 aromatic heterocycles. The molecule has 0 saturated carbocycles. The Morgan fingerprint density at radius 3 is 2.47 bits per heavy atom. The first-order valence-corrected chi connectivity index (χ1v) is 8.13. The van der Waals surface area contributed by atoms with E-state index in [1.54, 1.807) is 0 Å². The topological polar surface area (TPSA) is 95.1 Å². The maximum absolute atomic E-state index is 11.1. The van der Waals surface area contributed by atoms with Crippen molar-refractivity contribution in [2.45, 2.75) is 26.8 Å². The van der Waals surface area contributed by atoms with E-state index < -0.39 is 14.8 Å². The van der Waals surface area contributed by atoms with Gasteiger partial charge in [0.1, 0.15) is 15.5 Å². The average molecular weight is 310 g/mol. The SMILES string of the molecule is CC(C)Cc1nn(CCS(C)(=O)=O)c(Cl)c1[N+](=O)[O-]. The second kappa shape index (κ2) is 5.87. The minimum Gasteiger partial charge on any atom is -0.258 e. The lowest BCUT2D eigenvalue weighted by molar-refractivity contribution is -0.385. The third-order valence-corrected chi connectivity index (χ3v) is 3.69. The number of rotatable bonds is 6. The van der Waals surface area contributed by atoms with Gasteiger partial charge in [0.05, 0.1) is 17.2 Å². The Morgan fingerprint density at radius 1 is 1.47 bits per heavy atom. The monoisotopic (exact) mass is 309 g/mol. The number of hydrogen-bond acceptors (Lipinski definition) is 5. The molecule has 0 amide bonds. The van der Waals surface area contributed by atoms with Crippen molar-refractivity contribution in [3.8, 4) is 0 Å². The fraction of sp³-hybridized carbons (Fsp3) is 0.700. The maximum Gasteiger partial charge on any atom is 0.329 e. The number of sulfone groups is 1. The number of hydrogen-bond donors (Lipinski definition) is 0. The molecule has 0 bridgehead atoms. The van der Waals surface area contributed by atoms with E-state index in [1.165, 1.54) is 4.68 Å². The van der Waals surface area contributed by atoms with Crippen molar-refractivity contribution in [1.29, 1.82) is 0 Å². The quantitative estimate of drug-likeness (QED) is 0.588. The highest BCUT2D eigenvalue weighted by Gasteiger charge is 2.27. The van der Waals surface area contributed by atoms with Crippen LogP contribution in [0.15, 0.2) is 0 Å². The standard InChI is InChI=1S/C10H16ClN3O4S/c1-7(2)6-8-9(14(15)16)10(11)13(12-8)4-5-19(3,17)18/h7H,4-6H2,1-3H3. The zero-order valence-electron chi connectivity index (χ0n) is 11.0. The van der Waals surface area contributed by atoms with Crippen molar-refractivity contribution in [3.63, 3.8) is 0 Å². The second-order valence-electron chi connectivity index (χ2n) is 4.79. The molecule has 0 spiro atoms. The van der Waals surface area contributed by atoms with Crippen LogP contribution in [0.1, 0.15) is 19.5 Å². The minimum atomic E-state index is -3.18. The number of halogens is 1. The van der Waals surface area contributed by atoms with E-state index >= 15 is 0 Å². The summed E-state index contributed by atoms with van der Waals surface area (Å²) in [4.78, 5) is 10.4. The van der Waals surface area contributed by atoms with Crippen LogP contribution in [0.3, 0.4) is 0 Å². The van der Waals surface area contributed by atoms with Gasteiger partial charge < -0.3 is 0 Å². The van der Waals surface area contributed by atoms with Gasteiger partial charge in [-0.1, -0.05) is 25.4 Å². The largest absolute Gasteiger partial charge is 0.329 e. The Balaban J connectivity index is 3.10. The van der Waals surface area contributed by atoms with Crippen molar-refractivity contribution in [2.24, 2.45) is 5.92 Å². The Hall–Kier alpha value is -1.15. The normalized spacial score (nSPS) is 12.1. The molecular formula is C10H16ClN3O4S. The summed E-state index contributed by atoms with van der Waals surface area (Å²) in [6.45, 7) is 3.83. The molecule has 0 N–H and O–H groups in total. The Bertz CT molecular complexity index is 580. The van der Waals surface area contributed by atoms with Gasteiger partial charge in [-0.15, -0.1) is 0 Å². The molecule has 0 unspecified atom stereocenters. The highest BCUT2D eigenvalue weighted by molar-refractivity contribution is 7.90. The van der Waals surface area contributed by atoms with Crippen LogP contribution in [-0.2, 0) is 22.8 Å². The fourth-order valence-corrected chi connectivity index (χ4v) is 2.39. The summed E-state index contributed by atoms with van der Waals surface area (Å²) in [5, 5.41) is 14.9. The Morgan fingerprint density at radius 2 is 2.05 bits per heavy atom. The van der Waals surface area contributed by atoms with E-state index in [1.807, 2.05) is 13.8 Å². The predicted molar refractivity (Wildman–Crippen MR) is 72.1 cm³/mol. The zero-order chi connectivity index (χ0) is 14.8. The zero-order valence-corrected chi connectivity index (χ0v) is 12.5. The molecule has 1 aromatic rings. The first-order valence-electron chi connectivity index (χ1n) is 5.69. The van der Waals surface area contributed by atoms with Gasteiger partial charge in [-0.05, 0) is 5.92 Å². The molecule has 9 heteroatoms. The van der Waals surface area contributed by atoms with E-state index in [0.29, 0.717) is 12.1 Å². The van der Waals surface area contributed by atoms with E-state index in [-0.39, 0.29) is 29.1 Å². The highest BCUT2D eigenvalue weighted by atomic mass is 35.5. The first-order chi connectivity index (χ1) is 8.61. The molecule has 0 radical (unpaired) electrons. The number of aryl methyl sites for hydroxylation is 1. The van der Waals surface area contributed by atoms with Crippen molar-refractivity contribution in [2.75, 3.05) is 12.0 Å². The summed E-state index contributed by atoms with van der Waals surface area (Å²) >= 11 is 5.90. The number of nitrogens with zero attached hydrogens (tertiary/aromatic N) is 3. The summed E-state index contributed by atoms with van der Waals surface area (Å²) in [5.74, 6) is 0.0279. The molecule has 0 fully saturated rings. The lowest BCUT2D eigenvalue weighted by Crippen LogP contribution is -2.12. The van der Waals surface area contributed by atoms with Crippen molar-refractivity contribution in [3.05, 3.63) is 21.0 Å². The average Bonchev–Trinajstić information content (AvgIpc) is 2.50. The third kappa shape index (κ3) is 4.46. The first kappa shape index (κ1) is 15.9. The maximum atomic E-state index is 11.1. The van der Waals surface area contributed by atoms with Crippen molar-refractivity contribution in [1.82, 2.24) is 9.78 Å². The van der Waals surface area contributed by atoms with Gasteiger partial charge in [-0.3, -0.25) is 10.1 Å². The van der Waals surface area contributed by atoms with Gasteiger partial charge in [-0.2, -0.15) is 5.10 Å². The summed E-state index contributed by atoms with van der Waals surface area (Å²) in [6.07, 6.45) is 1.51. The molecule has 108 valence electrons. The number of aromatic nitrogens is 2. The lowest BCUT2D eigenvalue weighted by atomic mass is 10.1. The van der Waals surface area contributed by atoms with Gasteiger partial charge in [-0.25, -0.2) is 13.1 Å². The molecular weight excluding hydrogens is 294 g/mol. The lowest BCUT2D eigenvalue weighted by Gasteiger charge is -2.01. The third-order valence-electron chi connectivity index (χ3n) is 2.39. The molecule has 0 aromatic carbocycles. The van der Waals surface area contributed by atoms with Gasteiger partial charge >= 0.3 is 5.69 Å². The molecule has 0 aliphatic carbocycles. The number of nitro groups is 1. The van der Waals surface area contributed by atoms with E-state index in [4.69, 9.17) is 11.6 Å². The molecule has 0 atom stereocenters. The van der Waals surface area contributed by atoms with Crippen LogP contribution in [-0.4, -0.2) is 35.1 Å². The molecule has 1 heterocycles. The van der Waals surface area contributed by atoms with Crippen LogP contribution in [0, 0.1) is 16.0 Å². The fourth-order valence-electron chi connectivity index (χ4n) is 1.58. The van der Waals surface area contributed by atoms with Gasteiger partial charge in [0.25, 0.3) is 0 Å². The van der Waals surface area contributed by atoms with E-state index in [9.17, 15) is 18.5 Å². The molecule has 7 nitrogen and oxygen atoms in total. The van der Waals surface area contributed by atoms with Crippen molar-refractivity contribution < 1.29 is 13.3 Å². The van der Waals surface area contributed by atoms with E-state index in [2.05, 4.69) is 5.10 Å². The van der Waals surface area contributed by atoms with Crippen LogP contribution in [0.5, 0.6) is 0 Å². The second-order valence-corrected chi connectivity index (χ2v) is 7.41. The Kier molecular flexibility index (Phi) is 4.92. The smallest absolute Gasteiger partial charge is 0.258 e. The highest BCUT2D eigenvalue weighted by Crippen LogP contribution is 2.29. The molecule has 0 aliphatic rings. The summed E-state index contributed by atoms with van der Waals surface area (Å²) in [5.41, 5.74) is 0.0577. The summed E-state index contributed by atoms with van der Waals surface area (Å²) < 4.78 is 23.4. The van der Waals surface area contributed by atoms with Gasteiger partial charge in [0, 0.05) is 12.7 Å². The molecule has 19 heavy (non-hydrogen) atoms. The van der Waals surface area contributed by atoms with Crippen LogP contribution >= 0.6 is 11.6 Å². The van der Waals surface area contributed by atoms with Crippen LogP contribution in [0.25, 0.3) is 0 Å². The molecule has 0 saturated heterocycles. The summed E-state index contributed by atoms with van der Waals surface area (Å²) in [7, 11) is -3.18. The molecule has 1 rings (SSSR count).